The Morgan fingerprint density at radius 3 is 2.70 bits per heavy atom. The number of sulfonamides is 1. The average Bonchev–Trinajstić information content (AvgIpc) is 2.91. The minimum absolute atomic E-state index is 0.0428. The van der Waals surface area contributed by atoms with Gasteiger partial charge in [-0.3, -0.25) is 4.79 Å². The third-order valence-electron chi connectivity index (χ3n) is 5.03. The molecule has 7 heteroatoms. The second-order valence-corrected chi connectivity index (χ2v) is 8.60. The van der Waals surface area contributed by atoms with E-state index in [2.05, 4.69) is 24.4 Å². The number of hydrogen-bond donors (Lipinski definition) is 2. The molecule has 27 heavy (non-hydrogen) atoms. The molecule has 144 valence electrons. The molecule has 0 aromatic heterocycles. The van der Waals surface area contributed by atoms with Crippen molar-refractivity contribution in [3.8, 4) is 0 Å². The summed E-state index contributed by atoms with van der Waals surface area (Å²) in [5.74, 6) is -0.0428. The largest absolute Gasteiger partial charge is 0.359 e. The molecule has 2 aromatic carbocycles. The minimum Gasteiger partial charge on any atom is -0.359 e. The summed E-state index contributed by atoms with van der Waals surface area (Å²) < 4.78 is 23.1. The number of fused-ring (bicyclic) bond motifs is 1. The van der Waals surface area contributed by atoms with Crippen LogP contribution in [0.25, 0.3) is 0 Å². The van der Waals surface area contributed by atoms with E-state index in [1.165, 1.54) is 17.2 Å². The van der Waals surface area contributed by atoms with Crippen LogP contribution in [-0.2, 0) is 27.7 Å². The number of nitrogens with one attached hydrogen (secondary N) is 1. The molecule has 0 aliphatic carbocycles. The highest BCUT2D eigenvalue weighted by atomic mass is 32.2. The molecule has 0 fully saturated rings. The predicted octanol–water partition coefficient (Wildman–Crippen LogP) is 1.75. The van der Waals surface area contributed by atoms with E-state index in [1.54, 1.807) is 12.1 Å². The molecule has 0 radical (unpaired) electrons. The molecule has 1 amide bonds. The second-order valence-electron chi connectivity index (χ2n) is 7.04. The number of carbonyl (C=O) groups excluding carboxylic acids is 1. The van der Waals surface area contributed by atoms with E-state index in [9.17, 15) is 13.2 Å². The molecule has 1 heterocycles. The van der Waals surface area contributed by atoms with Crippen molar-refractivity contribution in [2.75, 3.05) is 18.0 Å². The summed E-state index contributed by atoms with van der Waals surface area (Å²) >= 11 is 0. The minimum atomic E-state index is -3.72. The maximum Gasteiger partial charge on any atom is 0.239 e. The maximum absolute atomic E-state index is 12.4. The fourth-order valence-corrected chi connectivity index (χ4v) is 4.09. The zero-order valence-corrected chi connectivity index (χ0v) is 16.4. The van der Waals surface area contributed by atoms with Gasteiger partial charge in [0.05, 0.1) is 11.4 Å². The number of aryl methyl sites for hydroxylation is 1. The van der Waals surface area contributed by atoms with E-state index in [4.69, 9.17) is 5.14 Å². The summed E-state index contributed by atoms with van der Waals surface area (Å²) in [5, 5.41) is 8.18. The lowest BCUT2D eigenvalue weighted by atomic mass is 10.1. The lowest BCUT2D eigenvalue weighted by molar-refractivity contribution is -0.119. The van der Waals surface area contributed by atoms with E-state index in [0.717, 1.165) is 17.7 Å². The summed E-state index contributed by atoms with van der Waals surface area (Å²) in [4.78, 5) is 14.5. The van der Waals surface area contributed by atoms with E-state index in [1.807, 2.05) is 24.0 Å². The number of primary sulfonamides is 1. The van der Waals surface area contributed by atoms with E-state index in [0.29, 0.717) is 13.0 Å². The lowest BCUT2D eigenvalue weighted by Gasteiger charge is -2.24. The van der Waals surface area contributed by atoms with Crippen LogP contribution in [0.2, 0.25) is 0 Å². The van der Waals surface area contributed by atoms with Gasteiger partial charge in [-0.25, -0.2) is 13.6 Å². The summed E-state index contributed by atoms with van der Waals surface area (Å²) in [6.45, 7) is 4.92. The van der Waals surface area contributed by atoms with Crippen LogP contribution in [-0.4, -0.2) is 33.5 Å². The Bertz CT molecular complexity index is 957. The smallest absolute Gasteiger partial charge is 0.239 e. The molecule has 1 aliphatic rings. The van der Waals surface area contributed by atoms with Crippen LogP contribution in [0.15, 0.2) is 47.4 Å². The molecular weight excluding hydrogens is 362 g/mol. The van der Waals surface area contributed by atoms with Crippen molar-refractivity contribution in [1.29, 1.82) is 0 Å². The van der Waals surface area contributed by atoms with Crippen LogP contribution >= 0.6 is 0 Å². The molecule has 3 rings (SSSR count). The standard InChI is InChI=1S/C20H25N3O3S/c1-14-5-3-4-6-16(14)9-10-22-20(24)13-23-15(2)11-17-12-18(27(21,25)26)7-8-19(17)23/h3-8,12,15H,9-11,13H2,1-2H3,(H,22,24)(H2,21,25,26)/t15-/m1/s1. The Morgan fingerprint density at radius 1 is 1.26 bits per heavy atom. The van der Waals surface area contributed by atoms with Gasteiger partial charge in [-0.15, -0.1) is 0 Å². The molecule has 0 saturated carbocycles. The maximum atomic E-state index is 12.4. The van der Waals surface area contributed by atoms with Crippen molar-refractivity contribution in [3.63, 3.8) is 0 Å². The predicted molar refractivity (Wildman–Crippen MR) is 106 cm³/mol. The fourth-order valence-electron chi connectivity index (χ4n) is 3.53. The SMILES string of the molecule is Cc1ccccc1CCNC(=O)CN1c2ccc(S(N)(=O)=O)cc2C[C@H]1C. The average molecular weight is 388 g/mol. The van der Waals surface area contributed by atoms with E-state index < -0.39 is 10.0 Å². The number of benzene rings is 2. The van der Waals surface area contributed by atoms with Crippen LogP contribution in [0.3, 0.4) is 0 Å². The Morgan fingerprint density at radius 2 is 2.00 bits per heavy atom. The van der Waals surface area contributed by atoms with Crippen molar-refractivity contribution < 1.29 is 13.2 Å². The molecule has 1 atom stereocenters. The zero-order valence-electron chi connectivity index (χ0n) is 15.6. The number of carbonyl (C=O) groups is 1. The van der Waals surface area contributed by atoms with Gasteiger partial charge in [0.15, 0.2) is 0 Å². The summed E-state index contributed by atoms with van der Waals surface area (Å²) in [6, 6.07) is 13.1. The van der Waals surface area contributed by atoms with Gasteiger partial charge in [0.1, 0.15) is 0 Å². The van der Waals surface area contributed by atoms with Gasteiger partial charge in [0.2, 0.25) is 15.9 Å². The molecule has 0 saturated heterocycles. The first kappa shape index (κ1) is 19.4. The van der Waals surface area contributed by atoms with Gasteiger partial charge >= 0.3 is 0 Å². The summed E-state index contributed by atoms with van der Waals surface area (Å²) in [6.07, 6.45) is 1.48. The van der Waals surface area contributed by atoms with Gasteiger partial charge in [0.25, 0.3) is 0 Å². The number of amides is 1. The van der Waals surface area contributed by atoms with Crippen LogP contribution in [0.1, 0.15) is 23.6 Å². The molecule has 0 spiro atoms. The molecule has 0 bridgehead atoms. The van der Waals surface area contributed by atoms with Crippen molar-refractivity contribution in [2.24, 2.45) is 5.14 Å². The number of rotatable bonds is 6. The van der Waals surface area contributed by atoms with E-state index >= 15 is 0 Å². The number of hydrogen-bond acceptors (Lipinski definition) is 4. The molecule has 0 unspecified atom stereocenters. The highest BCUT2D eigenvalue weighted by Crippen LogP contribution is 2.33. The Hall–Kier alpha value is -2.38. The highest BCUT2D eigenvalue weighted by molar-refractivity contribution is 7.89. The van der Waals surface area contributed by atoms with Crippen LogP contribution < -0.4 is 15.4 Å². The lowest BCUT2D eigenvalue weighted by Crippen LogP contribution is -2.40. The van der Waals surface area contributed by atoms with Gasteiger partial charge < -0.3 is 10.2 Å². The normalized spacial score (nSPS) is 16.3. The summed E-state index contributed by atoms with van der Waals surface area (Å²) in [7, 11) is -3.72. The molecule has 6 nitrogen and oxygen atoms in total. The van der Waals surface area contributed by atoms with Crippen LogP contribution in [0.4, 0.5) is 5.69 Å². The molecule has 1 aliphatic heterocycles. The molecular formula is C20H25N3O3S. The Balaban J connectivity index is 1.61. The van der Waals surface area contributed by atoms with Crippen molar-refractivity contribution in [2.45, 2.75) is 37.6 Å². The quantitative estimate of drug-likeness (QED) is 0.790. The third-order valence-corrected chi connectivity index (χ3v) is 5.94. The fraction of sp³-hybridized carbons (Fsp3) is 0.350. The topological polar surface area (TPSA) is 92.5 Å². The second kappa shape index (κ2) is 7.70. The Labute approximate surface area is 160 Å². The number of nitrogens with two attached hydrogens (primary N) is 1. The highest BCUT2D eigenvalue weighted by Gasteiger charge is 2.28. The van der Waals surface area contributed by atoms with Crippen LogP contribution in [0.5, 0.6) is 0 Å². The molecule has 3 N–H and O–H groups in total. The number of anilines is 1. The van der Waals surface area contributed by atoms with Gasteiger partial charge in [0, 0.05) is 18.3 Å². The first-order valence-electron chi connectivity index (χ1n) is 8.99. The van der Waals surface area contributed by atoms with E-state index in [-0.39, 0.29) is 23.4 Å². The van der Waals surface area contributed by atoms with Crippen molar-refractivity contribution in [1.82, 2.24) is 5.32 Å². The molecule has 2 aromatic rings. The third kappa shape index (κ3) is 4.48. The van der Waals surface area contributed by atoms with Gasteiger partial charge in [-0.2, -0.15) is 0 Å². The van der Waals surface area contributed by atoms with Crippen LogP contribution in [0, 0.1) is 6.92 Å². The monoisotopic (exact) mass is 387 g/mol. The van der Waals surface area contributed by atoms with Crippen molar-refractivity contribution in [3.05, 3.63) is 59.2 Å². The summed E-state index contributed by atoms with van der Waals surface area (Å²) in [5.41, 5.74) is 4.25. The van der Waals surface area contributed by atoms with Gasteiger partial charge in [-0.05, 0) is 61.6 Å². The first-order valence-corrected chi connectivity index (χ1v) is 10.5. The zero-order chi connectivity index (χ0) is 19.6. The first-order chi connectivity index (χ1) is 12.8. The van der Waals surface area contributed by atoms with Gasteiger partial charge in [-0.1, -0.05) is 24.3 Å². The Kier molecular flexibility index (Phi) is 5.53. The van der Waals surface area contributed by atoms with Crippen molar-refractivity contribution >= 4 is 21.6 Å². The number of nitrogens with zero attached hydrogens (tertiary/aromatic N) is 1.